The largest absolute Gasteiger partial charge is 0.356 e. The third-order valence-corrected chi connectivity index (χ3v) is 2.05. The lowest BCUT2D eigenvalue weighted by atomic mass is 10.2. The standard InChI is InChI=1S/C9H10BrFN2O/c1-6(14)12-3-2-9-8(11)4-7(10)5-13-9/h4-5H,2-3H2,1H3,(H,12,14). The van der Waals surface area contributed by atoms with Gasteiger partial charge in [-0.1, -0.05) is 0 Å². The van der Waals surface area contributed by atoms with Gasteiger partial charge in [-0.2, -0.15) is 0 Å². The van der Waals surface area contributed by atoms with Crippen LogP contribution in [0.1, 0.15) is 12.6 Å². The van der Waals surface area contributed by atoms with Crippen LogP contribution in [0.25, 0.3) is 0 Å². The molecule has 1 rings (SSSR count). The van der Waals surface area contributed by atoms with Crippen molar-refractivity contribution < 1.29 is 9.18 Å². The van der Waals surface area contributed by atoms with Gasteiger partial charge < -0.3 is 5.32 Å². The van der Waals surface area contributed by atoms with Gasteiger partial charge in [0.1, 0.15) is 5.82 Å². The summed E-state index contributed by atoms with van der Waals surface area (Å²) >= 11 is 3.12. The van der Waals surface area contributed by atoms with Crippen LogP contribution < -0.4 is 5.32 Å². The van der Waals surface area contributed by atoms with E-state index in [0.29, 0.717) is 23.1 Å². The molecule has 0 aromatic carbocycles. The molecule has 1 aromatic heterocycles. The fourth-order valence-electron chi connectivity index (χ4n) is 0.984. The maximum Gasteiger partial charge on any atom is 0.216 e. The molecule has 0 spiro atoms. The van der Waals surface area contributed by atoms with Crippen LogP contribution in [-0.4, -0.2) is 17.4 Å². The van der Waals surface area contributed by atoms with Crippen molar-refractivity contribution in [2.75, 3.05) is 6.54 Å². The van der Waals surface area contributed by atoms with Crippen LogP contribution in [0.3, 0.4) is 0 Å². The van der Waals surface area contributed by atoms with E-state index in [-0.39, 0.29) is 11.7 Å². The minimum atomic E-state index is -0.357. The molecule has 1 amide bonds. The number of rotatable bonds is 3. The van der Waals surface area contributed by atoms with Gasteiger partial charge in [0.15, 0.2) is 0 Å². The number of carbonyl (C=O) groups is 1. The molecule has 1 aromatic rings. The van der Waals surface area contributed by atoms with Gasteiger partial charge in [0, 0.05) is 30.6 Å². The van der Waals surface area contributed by atoms with Crippen LogP contribution in [0.4, 0.5) is 4.39 Å². The predicted octanol–water partition coefficient (Wildman–Crippen LogP) is 1.66. The Morgan fingerprint density at radius 3 is 3.00 bits per heavy atom. The minimum Gasteiger partial charge on any atom is -0.356 e. The first kappa shape index (κ1) is 11.1. The van der Waals surface area contributed by atoms with Crippen LogP contribution in [0.2, 0.25) is 0 Å². The quantitative estimate of drug-likeness (QED) is 0.899. The summed E-state index contributed by atoms with van der Waals surface area (Å²) < 4.78 is 13.8. The number of hydrogen-bond donors (Lipinski definition) is 1. The average Bonchev–Trinajstić information content (AvgIpc) is 2.08. The van der Waals surface area contributed by atoms with Crippen LogP contribution >= 0.6 is 15.9 Å². The fourth-order valence-corrected chi connectivity index (χ4v) is 1.29. The highest BCUT2D eigenvalue weighted by atomic mass is 79.9. The summed E-state index contributed by atoms with van der Waals surface area (Å²) in [6.07, 6.45) is 1.94. The topological polar surface area (TPSA) is 42.0 Å². The molecule has 0 radical (unpaired) electrons. The maximum atomic E-state index is 13.2. The maximum absolute atomic E-state index is 13.2. The molecular weight excluding hydrogens is 251 g/mol. The van der Waals surface area contributed by atoms with Crippen LogP contribution in [0.15, 0.2) is 16.7 Å². The third kappa shape index (κ3) is 3.41. The van der Waals surface area contributed by atoms with Gasteiger partial charge in [0.2, 0.25) is 5.91 Å². The molecular formula is C9H10BrFN2O. The van der Waals surface area contributed by atoms with Gasteiger partial charge in [0.05, 0.1) is 5.69 Å². The number of nitrogens with zero attached hydrogens (tertiary/aromatic N) is 1. The molecule has 0 saturated heterocycles. The predicted molar refractivity (Wildman–Crippen MR) is 54.3 cm³/mol. The van der Waals surface area contributed by atoms with E-state index in [1.807, 2.05) is 0 Å². The van der Waals surface area contributed by atoms with E-state index >= 15 is 0 Å². The SMILES string of the molecule is CC(=O)NCCc1ncc(Br)cc1F. The highest BCUT2D eigenvalue weighted by Gasteiger charge is 2.04. The first-order chi connectivity index (χ1) is 6.59. The summed E-state index contributed by atoms with van der Waals surface area (Å²) in [5, 5.41) is 2.58. The Kier molecular flexibility index (Phi) is 4.00. The van der Waals surface area contributed by atoms with E-state index in [0.717, 1.165) is 0 Å². The summed E-state index contributed by atoms with van der Waals surface area (Å²) in [6.45, 7) is 1.83. The number of aromatic nitrogens is 1. The van der Waals surface area contributed by atoms with Crippen molar-refractivity contribution in [3.63, 3.8) is 0 Å². The Labute approximate surface area is 89.9 Å². The van der Waals surface area contributed by atoms with E-state index in [4.69, 9.17) is 0 Å². The van der Waals surface area contributed by atoms with E-state index in [9.17, 15) is 9.18 Å². The van der Waals surface area contributed by atoms with Crippen LogP contribution in [-0.2, 0) is 11.2 Å². The molecule has 0 atom stereocenters. The van der Waals surface area contributed by atoms with Crippen molar-refractivity contribution in [1.82, 2.24) is 10.3 Å². The Morgan fingerprint density at radius 1 is 1.71 bits per heavy atom. The molecule has 0 aliphatic rings. The van der Waals surface area contributed by atoms with Crippen molar-refractivity contribution in [2.24, 2.45) is 0 Å². The lowest BCUT2D eigenvalue weighted by Crippen LogP contribution is -2.23. The van der Waals surface area contributed by atoms with Gasteiger partial charge >= 0.3 is 0 Å². The monoisotopic (exact) mass is 260 g/mol. The highest BCUT2D eigenvalue weighted by molar-refractivity contribution is 9.10. The zero-order valence-corrected chi connectivity index (χ0v) is 9.27. The summed E-state index contributed by atoms with van der Waals surface area (Å²) in [5.41, 5.74) is 0.363. The Bertz CT molecular complexity index is 344. The van der Waals surface area contributed by atoms with Crippen molar-refractivity contribution >= 4 is 21.8 Å². The first-order valence-electron chi connectivity index (χ1n) is 4.14. The number of halogens is 2. The molecule has 3 nitrogen and oxygen atoms in total. The second-order valence-corrected chi connectivity index (χ2v) is 3.73. The molecule has 0 saturated carbocycles. The van der Waals surface area contributed by atoms with E-state index in [2.05, 4.69) is 26.2 Å². The molecule has 0 unspecified atom stereocenters. The minimum absolute atomic E-state index is 0.123. The summed E-state index contributed by atoms with van der Waals surface area (Å²) in [7, 11) is 0. The highest BCUT2D eigenvalue weighted by Crippen LogP contribution is 2.12. The van der Waals surface area contributed by atoms with Gasteiger partial charge in [-0.05, 0) is 22.0 Å². The molecule has 76 valence electrons. The Hall–Kier alpha value is -0.970. The second-order valence-electron chi connectivity index (χ2n) is 2.82. The normalized spacial score (nSPS) is 9.93. The van der Waals surface area contributed by atoms with Crippen LogP contribution in [0, 0.1) is 5.82 Å². The van der Waals surface area contributed by atoms with Crippen molar-refractivity contribution in [2.45, 2.75) is 13.3 Å². The molecule has 0 fully saturated rings. The van der Waals surface area contributed by atoms with Crippen molar-refractivity contribution in [3.8, 4) is 0 Å². The third-order valence-electron chi connectivity index (χ3n) is 1.62. The average molecular weight is 261 g/mol. The lowest BCUT2D eigenvalue weighted by Gasteiger charge is -2.03. The summed E-state index contributed by atoms with van der Waals surface area (Å²) in [5.74, 6) is -0.479. The Balaban J connectivity index is 2.55. The number of amides is 1. The number of hydrogen-bond acceptors (Lipinski definition) is 2. The van der Waals surface area contributed by atoms with Crippen molar-refractivity contribution in [1.29, 1.82) is 0 Å². The van der Waals surface area contributed by atoms with Gasteiger partial charge in [-0.15, -0.1) is 0 Å². The fraction of sp³-hybridized carbons (Fsp3) is 0.333. The molecule has 0 aliphatic carbocycles. The molecule has 0 aliphatic heterocycles. The van der Waals surface area contributed by atoms with E-state index in [1.165, 1.54) is 19.2 Å². The van der Waals surface area contributed by atoms with Crippen LogP contribution in [0.5, 0.6) is 0 Å². The van der Waals surface area contributed by atoms with E-state index < -0.39 is 0 Å². The zero-order valence-electron chi connectivity index (χ0n) is 7.68. The molecule has 1 N–H and O–H groups in total. The molecule has 0 bridgehead atoms. The number of carbonyl (C=O) groups excluding carboxylic acids is 1. The van der Waals surface area contributed by atoms with Gasteiger partial charge in [-0.3, -0.25) is 9.78 Å². The lowest BCUT2D eigenvalue weighted by molar-refractivity contribution is -0.118. The first-order valence-corrected chi connectivity index (χ1v) is 4.93. The van der Waals surface area contributed by atoms with Gasteiger partial charge in [0.25, 0.3) is 0 Å². The smallest absolute Gasteiger partial charge is 0.216 e. The van der Waals surface area contributed by atoms with Crippen molar-refractivity contribution in [3.05, 3.63) is 28.2 Å². The summed E-state index contributed by atoms with van der Waals surface area (Å²) in [6, 6.07) is 1.36. The molecule has 1 heterocycles. The number of nitrogens with one attached hydrogen (secondary N) is 1. The summed E-state index contributed by atoms with van der Waals surface area (Å²) in [4.78, 5) is 14.4. The molecule has 14 heavy (non-hydrogen) atoms. The molecule has 5 heteroatoms. The number of pyridine rings is 1. The van der Waals surface area contributed by atoms with E-state index in [1.54, 1.807) is 0 Å². The zero-order chi connectivity index (χ0) is 10.6. The van der Waals surface area contributed by atoms with Gasteiger partial charge in [-0.25, -0.2) is 4.39 Å². The Morgan fingerprint density at radius 2 is 2.43 bits per heavy atom. The second kappa shape index (κ2) is 5.05.